The van der Waals surface area contributed by atoms with E-state index in [1.807, 2.05) is 0 Å². The highest BCUT2D eigenvalue weighted by atomic mass is 15.0. The third-order valence-corrected chi connectivity index (χ3v) is 19.2. The van der Waals surface area contributed by atoms with Crippen LogP contribution in [0, 0.1) is 0 Å². The SMILES string of the molecule is C=C1C=Cc2cccc3c2CC(=CC=C1c1ccc2c(c1)C(c1ccc4c(c1)c1ccccc1n4-c1ccccc1)(c1ccc4c(c1)c1ccccc1n4-c1ccccc1)C1=CC(c4ccc5ccc6cccc7ccc4c5c67)CC=C12)C=C3. The zero-order valence-corrected chi connectivity index (χ0v) is 46.2. The Morgan fingerprint density at radius 3 is 1.69 bits per heavy atom. The van der Waals surface area contributed by atoms with Crippen molar-refractivity contribution in [3.63, 3.8) is 0 Å². The van der Waals surface area contributed by atoms with Gasteiger partial charge >= 0.3 is 0 Å². The molecule has 2 aromatic heterocycles. The fraction of sp³-hybridized carbons (Fsp3) is 0.0488. The van der Waals surface area contributed by atoms with Gasteiger partial charge < -0.3 is 9.13 Å². The standard InChI is InChI=1S/C82H54N2/c1-51-26-29-53-14-12-15-54-30-27-52(46-71(53)54)28-39-64(51)58-35-41-66-67-42-36-59(65-40-33-57-32-31-55-16-13-17-56-34-43-70(65)81(57)80(55)56)48-75(67)82(74(66)47-58,60-37-44-78-72(49-60)68-22-8-10-24-76(68)83(78)62-18-4-2-5-19-62)61-38-45-79-73(50-61)69-23-9-11-25-77(69)84(79)63-20-6-3-7-21-63/h2-35,37-45,47-50,59H,1,36,46H2. The molecule has 14 aromatic rings. The number of fused-ring (bicyclic) bond motifs is 10. The van der Waals surface area contributed by atoms with Crippen LogP contribution >= 0.6 is 0 Å². The highest BCUT2D eigenvalue weighted by molar-refractivity contribution is 6.24. The van der Waals surface area contributed by atoms with Gasteiger partial charge in [-0.1, -0.05) is 225 Å². The molecule has 0 fully saturated rings. The second-order valence-corrected chi connectivity index (χ2v) is 23.5. The minimum absolute atomic E-state index is 0.0957. The summed E-state index contributed by atoms with van der Waals surface area (Å²) in [7, 11) is 0. The molecule has 0 saturated carbocycles. The van der Waals surface area contributed by atoms with Gasteiger partial charge in [-0.05, 0) is 190 Å². The Hall–Kier alpha value is -10.5. The summed E-state index contributed by atoms with van der Waals surface area (Å²) >= 11 is 0. The van der Waals surface area contributed by atoms with E-state index in [9.17, 15) is 0 Å². The number of allylic oxidation sites excluding steroid dienone is 11. The highest BCUT2D eigenvalue weighted by Gasteiger charge is 2.50. The quantitative estimate of drug-likeness (QED) is 0.147. The summed E-state index contributed by atoms with van der Waals surface area (Å²) in [6, 6.07) is 89.4. The van der Waals surface area contributed by atoms with E-state index in [0.717, 1.165) is 40.9 Å². The average molecular weight is 1070 g/mol. The molecule has 84 heavy (non-hydrogen) atoms. The zero-order chi connectivity index (χ0) is 55.2. The van der Waals surface area contributed by atoms with Crippen LogP contribution in [0.25, 0.3) is 111 Å². The molecule has 0 aliphatic heterocycles. The Morgan fingerprint density at radius 2 is 1.01 bits per heavy atom. The number of hydrogen-bond donors (Lipinski definition) is 0. The second kappa shape index (κ2) is 18.0. The molecule has 1 unspecified atom stereocenters. The van der Waals surface area contributed by atoms with Crippen LogP contribution in [0.15, 0.2) is 296 Å². The van der Waals surface area contributed by atoms with Crippen molar-refractivity contribution in [3.05, 3.63) is 346 Å². The highest BCUT2D eigenvalue weighted by Crippen LogP contribution is 2.61. The van der Waals surface area contributed by atoms with E-state index in [1.165, 1.54) is 137 Å². The molecule has 1 atom stereocenters. The zero-order valence-electron chi connectivity index (χ0n) is 46.2. The Kier molecular flexibility index (Phi) is 10.1. The number of rotatable bonds is 6. The fourth-order valence-electron chi connectivity index (χ4n) is 15.5. The van der Waals surface area contributed by atoms with Gasteiger partial charge in [-0.15, -0.1) is 0 Å². The van der Waals surface area contributed by atoms with Crippen LogP contribution < -0.4 is 0 Å². The minimum Gasteiger partial charge on any atom is -0.309 e. The van der Waals surface area contributed by atoms with E-state index < -0.39 is 5.41 Å². The maximum absolute atomic E-state index is 4.85. The van der Waals surface area contributed by atoms with E-state index in [4.69, 9.17) is 6.58 Å². The summed E-state index contributed by atoms with van der Waals surface area (Å²) in [6.07, 6.45) is 20.8. The number of para-hydroxylation sites is 4. The van der Waals surface area contributed by atoms with Gasteiger partial charge in [0.25, 0.3) is 0 Å². The number of benzene rings is 12. The van der Waals surface area contributed by atoms with Crippen molar-refractivity contribution in [1.29, 1.82) is 0 Å². The maximum atomic E-state index is 4.85. The third kappa shape index (κ3) is 6.74. The summed E-state index contributed by atoms with van der Waals surface area (Å²) in [5.41, 5.74) is 23.7. The van der Waals surface area contributed by atoms with E-state index in [0.29, 0.717) is 0 Å². The van der Waals surface area contributed by atoms with Gasteiger partial charge in [0.1, 0.15) is 0 Å². The fourth-order valence-corrected chi connectivity index (χ4v) is 15.5. The number of hydrogen-bond acceptors (Lipinski definition) is 0. The molecule has 4 aliphatic rings. The first-order chi connectivity index (χ1) is 41.5. The van der Waals surface area contributed by atoms with Crippen LogP contribution in [-0.2, 0) is 11.8 Å². The third-order valence-electron chi connectivity index (χ3n) is 19.2. The van der Waals surface area contributed by atoms with Crippen molar-refractivity contribution in [2.75, 3.05) is 0 Å². The summed E-state index contributed by atoms with van der Waals surface area (Å²) in [4.78, 5) is 0. The smallest absolute Gasteiger partial charge is 0.0711 e. The first kappa shape index (κ1) is 47.1. The molecule has 0 spiro atoms. The molecule has 2 heteroatoms. The molecule has 2 nitrogen and oxygen atoms in total. The number of nitrogens with zero attached hydrogens (tertiary/aromatic N) is 2. The molecular weight excluding hydrogens is 1010 g/mol. The van der Waals surface area contributed by atoms with Crippen molar-refractivity contribution >= 4 is 99.2 Å². The van der Waals surface area contributed by atoms with Gasteiger partial charge in [0.15, 0.2) is 0 Å². The average Bonchev–Trinajstić information content (AvgIpc) is 1.57. The Bertz CT molecular complexity index is 5200. The molecule has 392 valence electrons. The van der Waals surface area contributed by atoms with Crippen LogP contribution in [0.3, 0.4) is 0 Å². The second-order valence-electron chi connectivity index (χ2n) is 23.5. The first-order valence-corrected chi connectivity index (χ1v) is 29.6. The molecule has 2 heterocycles. The normalized spacial score (nSPS) is 16.2. The van der Waals surface area contributed by atoms with Crippen LogP contribution in [0.2, 0.25) is 0 Å². The van der Waals surface area contributed by atoms with Gasteiger partial charge in [0.05, 0.1) is 27.5 Å². The van der Waals surface area contributed by atoms with E-state index in [2.05, 4.69) is 294 Å². The van der Waals surface area contributed by atoms with Gasteiger partial charge in [-0.25, -0.2) is 0 Å². The van der Waals surface area contributed by atoms with Crippen molar-refractivity contribution in [1.82, 2.24) is 9.13 Å². The molecule has 18 rings (SSSR count). The van der Waals surface area contributed by atoms with Crippen molar-refractivity contribution in [2.45, 2.75) is 24.2 Å². The molecule has 0 radical (unpaired) electrons. The molecule has 2 bridgehead atoms. The van der Waals surface area contributed by atoms with Gasteiger partial charge in [-0.3, -0.25) is 0 Å². The van der Waals surface area contributed by atoms with Crippen molar-refractivity contribution in [2.24, 2.45) is 0 Å². The molecule has 0 N–H and O–H groups in total. The Balaban J connectivity index is 0.948. The van der Waals surface area contributed by atoms with Crippen molar-refractivity contribution < 1.29 is 0 Å². The summed E-state index contributed by atoms with van der Waals surface area (Å²) in [5.74, 6) is 0.0957. The molecule has 4 aliphatic carbocycles. The molecular formula is C82H54N2. The van der Waals surface area contributed by atoms with Crippen LogP contribution in [0.4, 0.5) is 0 Å². The largest absolute Gasteiger partial charge is 0.309 e. The summed E-state index contributed by atoms with van der Waals surface area (Å²) < 4.78 is 4.89. The predicted octanol–water partition coefficient (Wildman–Crippen LogP) is 20.8. The van der Waals surface area contributed by atoms with Gasteiger partial charge in [0.2, 0.25) is 0 Å². The van der Waals surface area contributed by atoms with E-state index in [-0.39, 0.29) is 5.92 Å². The lowest BCUT2D eigenvalue weighted by Crippen LogP contribution is -2.30. The van der Waals surface area contributed by atoms with Gasteiger partial charge in [0, 0.05) is 38.8 Å². The molecule has 12 aromatic carbocycles. The maximum Gasteiger partial charge on any atom is 0.0711 e. The monoisotopic (exact) mass is 1070 g/mol. The predicted molar refractivity (Wildman–Crippen MR) is 355 cm³/mol. The Labute approximate surface area is 487 Å². The van der Waals surface area contributed by atoms with Crippen LogP contribution in [-0.4, -0.2) is 9.13 Å². The lowest BCUT2D eigenvalue weighted by Gasteiger charge is -2.36. The van der Waals surface area contributed by atoms with Gasteiger partial charge in [-0.2, -0.15) is 0 Å². The lowest BCUT2D eigenvalue weighted by atomic mass is 9.65. The summed E-state index contributed by atoms with van der Waals surface area (Å²) in [6.45, 7) is 4.85. The Morgan fingerprint density at radius 1 is 0.429 bits per heavy atom. The molecule has 0 amide bonds. The first-order valence-electron chi connectivity index (χ1n) is 29.6. The lowest BCUT2D eigenvalue weighted by molar-refractivity contribution is 0.744. The van der Waals surface area contributed by atoms with E-state index >= 15 is 0 Å². The number of aromatic nitrogens is 2. The summed E-state index contributed by atoms with van der Waals surface area (Å²) in [5, 5.41) is 12.8. The van der Waals surface area contributed by atoms with Crippen LogP contribution in [0.5, 0.6) is 0 Å². The molecule has 0 saturated heterocycles. The van der Waals surface area contributed by atoms with E-state index in [1.54, 1.807) is 0 Å². The topological polar surface area (TPSA) is 9.86 Å². The minimum atomic E-state index is -0.790. The van der Waals surface area contributed by atoms with Crippen molar-refractivity contribution in [3.8, 4) is 11.4 Å². The van der Waals surface area contributed by atoms with Crippen LogP contribution in [0.1, 0.15) is 62.4 Å².